The molecule has 2 saturated carbocycles. The van der Waals surface area contributed by atoms with Gasteiger partial charge in [-0.3, -0.25) is 9.69 Å². The molecule has 1 unspecified atom stereocenters. The summed E-state index contributed by atoms with van der Waals surface area (Å²) in [5, 5.41) is 13.9. The van der Waals surface area contributed by atoms with Crippen LogP contribution in [0, 0.1) is 31.6 Å². The molecule has 0 spiro atoms. The van der Waals surface area contributed by atoms with Crippen LogP contribution in [0.4, 0.5) is 0 Å². The SMILES string of the molecule is O=C1N=C(N2CCN(C([C]3[CH][CH][CH][CH]3)c3nnnn3C3CCCCC3)CC2)S/C1=C\c1ccccc1. The third-order valence-corrected chi connectivity index (χ3v) is 8.39. The zero-order valence-electron chi connectivity index (χ0n) is 20.2. The van der Waals surface area contributed by atoms with Gasteiger partial charge in [-0.2, -0.15) is 4.99 Å². The molecule has 3 fully saturated rings. The van der Waals surface area contributed by atoms with E-state index in [9.17, 15) is 4.79 Å². The number of hydrogen-bond acceptors (Lipinski definition) is 7. The van der Waals surface area contributed by atoms with Crippen molar-refractivity contribution in [3.8, 4) is 0 Å². The van der Waals surface area contributed by atoms with E-state index in [0.717, 1.165) is 55.6 Å². The largest absolute Gasteiger partial charge is 0.348 e. The Balaban J connectivity index is 1.15. The molecule has 4 aliphatic rings. The van der Waals surface area contributed by atoms with Crippen LogP contribution in [0.15, 0.2) is 40.2 Å². The Morgan fingerprint density at radius 2 is 1.72 bits per heavy atom. The molecule has 2 aliphatic carbocycles. The van der Waals surface area contributed by atoms with Crippen molar-refractivity contribution in [3.05, 3.63) is 78.2 Å². The highest BCUT2D eigenvalue weighted by Gasteiger charge is 2.39. The van der Waals surface area contributed by atoms with E-state index in [0.29, 0.717) is 10.9 Å². The molecule has 1 amide bonds. The van der Waals surface area contributed by atoms with E-state index in [-0.39, 0.29) is 11.9 Å². The van der Waals surface area contributed by atoms with Crippen LogP contribution >= 0.6 is 11.8 Å². The van der Waals surface area contributed by atoms with E-state index < -0.39 is 0 Å². The number of carbonyl (C=O) groups excluding carboxylic acids is 1. The molecule has 185 valence electrons. The standard InChI is InChI=1S/C27H30N7OS/c35-26-23(19-20-9-3-1-4-10-20)36-27(28-26)33-17-15-32(16-18-33)24(21-11-7-8-12-21)25-29-30-31-34(25)22-13-5-2-6-14-22/h1,3-4,7-12,19,22,24H,2,5-6,13-18H2/b23-19-. The molecule has 0 bridgehead atoms. The van der Waals surface area contributed by atoms with Crippen LogP contribution in [0.25, 0.3) is 6.08 Å². The third kappa shape index (κ3) is 5.00. The summed E-state index contributed by atoms with van der Waals surface area (Å²) in [7, 11) is 0. The van der Waals surface area contributed by atoms with E-state index in [2.05, 4.69) is 60.7 Å². The van der Waals surface area contributed by atoms with Gasteiger partial charge in [0.15, 0.2) is 11.0 Å². The van der Waals surface area contributed by atoms with Crippen LogP contribution in [0.1, 0.15) is 55.6 Å². The zero-order chi connectivity index (χ0) is 24.3. The minimum atomic E-state index is -0.150. The van der Waals surface area contributed by atoms with Crippen molar-refractivity contribution >= 4 is 28.9 Å². The summed E-state index contributed by atoms with van der Waals surface area (Å²) in [6.07, 6.45) is 16.5. The molecule has 1 aromatic heterocycles. The average molecular weight is 501 g/mol. The second-order valence-corrected chi connectivity index (χ2v) is 10.6. The molecular weight excluding hydrogens is 470 g/mol. The number of hydrogen-bond donors (Lipinski definition) is 0. The lowest BCUT2D eigenvalue weighted by Crippen LogP contribution is -2.50. The maximum absolute atomic E-state index is 12.6. The van der Waals surface area contributed by atoms with Crippen LogP contribution in [-0.4, -0.2) is 67.3 Å². The lowest BCUT2D eigenvalue weighted by Gasteiger charge is -2.41. The Morgan fingerprint density at radius 1 is 0.972 bits per heavy atom. The predicted molar refractivity (Wildman–Crippen MR) is 141 cm³/mol. The molecule has 3 heterocycles. The minimum absolute atomic E-state index is 0.0208. The highest BCUT2D eigenvalue weighted by atomic mass is 32.2. The maximum Gasteiger partial charge on any atom is 0.286 e. The van der Waals surface area contributed by atoms with Gasteiger partial charge in [0.2, 0.25) is 0 Å². The van der Waals surface area contributed by atoms with E-state index >= 15 is 0 Å². The Hall–Kier alpha value is -2.52. The molecule has 0 N–H and O–H groups in total. The van der Waals surface area contributed by atoms with Crippen molar-refractivity contribution in [2.45, 2.75) is 44.2 Å². The van der Waals surface area contributed by atoms with Gasteiger partial charge in [-0.05, 0) is 72.4 Å². The number of aromatic nitrogens is 4. The van der Waals surface area contributed by atoms with Gasteiger partial charge in [0.25, 0.3) is 5.91 Å². The number of rotatable bonds is 5. The molecule has 6 rings (SSSR count). The molecule has 1 saturated heterocycles. The molecule has 1 aromatic carbocycles. The number of thioether (sulfide) groups is 1. The quantitative estimate of drug-likeness (QED) is 0.576. The van der Waals surface area contributed by atoms with Crippen molar-refractivity contribution in [2.24, 2.45) is 4.99 Å². The van der Waals surface area contributed by atoms with E-state index in [4.69, 9.17) is 0 Å². The number of amidine groups is 1. The molecular formula is C27H30N7OS. The average Bonchev–Trinajstić information content (AvgIpc) is 3.69. The fraction of sp³-hybridized carbons (Fsp3) is 0.407. The summed E-state index contributed by atoms with van der Waals surface area (Å²) in [4.78, 5) is 22.3. The fourth-order valence-electron chi connectivity index (χ4n) is 5.47. The number of nitrogens with zero attached hydrogens (tertiary/aromatic N) is 7. The van der Waals surface area contributed by atoms with Crippen molar-refractivity contribution in [1.82, 2.24) is 30.0 Å². The molecule has 5 radical (unpaired) electrons. The normalized spacial score (nSPS) is 24.6. The van der Waals surface area contributed by atoms with Crippen LogP contribution in [0.5, 0.6) is 0 Å². The number of tetrazole rings is 1. The van der Waals surface area contributed by atoms with Crippen LogP contribution in [0.2, 0.25) is 0 Å². The van der Waals surface area contributed by atoms with Gasteiger partial charge in [0, 0.05) is 32.1 Å². The number of piperazine rings is 1. The van der Waals surface area contributed by atoms with Crippen molar-refractivity contribution in [3.63, 3.8) is 0 Å². The lowest BCUT2D eigenvalue weighted by molar-refractivity contribution is -0.113. The van der Waals surface area contributed by atoms with Gasteiger partial charge < -0.3 is 4.90 Å². The van der Waals surface area contributed by atoms with E-state index in [1.54, 1.807) is 0 Å². The number of aliphatic imine (C=N–C) groups is 1. The Morgan fingerprint density at radius 3 is 2.47 bits per heavy atom. The predicted octanol–water partition coefficient (Wildman–Crippen LogP) is 3.91. The smallest absolute Gasteiger partial charge is 0.286 e. The minimum Gasteiger partial charge on any atom is -0.348 e. The second kappa shape index (κ2) is 10.8. The third-order valence-electron chi connectivity index (χ3n) is 7.34. The molecule has 9 heteroatoms. The van der Waals surface area contributed by atoms with Crippen LogP contribution < -0.4 is 0 Å². The van der Waals surface area contributed by atoms with E-state index in [1.807, 2.05) is 36.4 Å². The maximum atomic E-state index is 12.6. The summed E-state index contributed by atoms with van der Waals surface area (Å²) in [6, 6.07) is 10.3. The first-order chi connectivity index (χ1) is 17.8. The van der Waals surface area contributed by atoms with Gasteiger partial charge in [-0.25, -0.2) is 4.68 Å². The molecule has 8 nitrogen and oxygen atoms in total. The first kappa shape index (κ1) is 23.9. The summed E-state index contributed by atoms with van der Waals surface area (Å²) < 4.78 is 2.10. The lowest BCUT2D eigenvalue weighted by atomic mass is 9.92. The summed E-state index contributed by atoms with van der Waals surface area (Å²) in [6.45, 7) is 3.30. The summed E-state index contributed by atoms with van der Waals surface area (Å²) in [5.74, 6) is 2.02. The van der Waals surface area contributed by atoms with Gasteiger partial charge in [0.1, 0.15) is 0 Å². The number of benzene rings is 1. The van der Waals surface area contributed by atoms with Gasteiger partial charge in [-0.1, -0.05) is 49.6 Å². The molecule has 1 atom stereocenters. The monoisotopic (exact) mass is 500 g/mol. The van der Waals surface area contributed by atoms with E-state index in [1.165, 1.54) is 36.9 Å². The first-order valence-corrected chi connectivity index (χ1v) is 13.6. The van der Waals surface area contributed by atoms with Crippen molar-refractivity contribution in [1.29, 1.82) is 0 Å². The summed E-state index contributed by atoms with van der Waals surface area (Å²) in [5.41, 5.74) is 1.02. The highest BCUT2D eigenvalue weighted by molar-refractivity contribution is 8.18. The fourth-order valence-corrected chi connectivity index (χ4v) is 6.43. The molecule has 2 aliphatic heterocycles. The number of carbonyl (C=O) groups is 1. The van der Waals surface area contributed by atoms with Crippen LogP contribution in [0.3, 0.4) is 0 Å². The van der Waals surface area contributed by atoms with Gasteiger partial charge >= 0.3 is 0 Å². The van der Waals surface area contributed by atoms with Crippen molar-refractivity contribution < 1.29 is 4.79 Å². The van der Waals surface area contributed by atoms with Crippen molar-refractivity contribution in [2.75, 3.05) is 26.2 Å². The molecule has 2 aromatic rings. The Kier molecular flexibility index (Phi) is 7.19. The molecule has 36 heavy (non-hydrogen) atoms. The summed E-state index contributed by atoms with van der Waals surface area (Å²) >= 11 is 1.48. The second-order valence-electron chi connectivity index (χ2n) is 9.64. The topological polar surface area (TPSA) is 79.5 Å². The first-order valence-electron chi connectivity index (χ1n) is 12.8. The zero-order valence-corrected chi connectivity index (χ0v) is 21.1. The Labute approximate surface area is 217 Å². The highest BCUT2D eigenvalue weighted by Crippen LogP contribution is 2.41. The van der Waals surface area contributed by atoms with Gasteiger partial charge in [0.05, 0.1) is 17.0 Å². The number of amides is 1. The Bertz CT molecular complexity index is 1110. The van der Waals surface area contributed by atoms with Crippen LogP contribution in [-0.2, 0) is 4.79 Å². The van der Waals surface area contributed by atoms with Gasteiger partial charge in [-0.15, -0.1) is 5.10 Å².